The number of fused-ring (bicyclic) bond motifs is 2. The molecule has 1 amide bonds. The molecule has 2 heterocycles. The fourth-order valence-electron chi connectivity index (χ4n) is 3.67. The quantitative estimate of drug-likeness (QED) is 0.630. The van der Waals surface area contributed by atoms with Gasteiger partial charge in [0.2, 0.25) is 5.95 Å². The lowest BCUT2D eigenvalue weighted by atomic mass is 10.1. The topological polar surface area (TPSA) is 87.4 Å². The first-order valence-corrected chi connectivity index (χ1v) is 9.83. The van der Waals surface area contributed by atoms with Crippen LogP contribution in [0.4, 0.5) is 11.6 Å². The molecule has 0 fully saturated rings. The molecule has 150 valence electrons. The summed E-state index contributed by atoms with van der Waals surface area (Å²) in [5, 5.41) is 4.14. The Hall–Kier alpha value is -3.19. The fraction of sp³-hybridized carbons (Fsp3) is 0.318. The summed E-state index contributed by atoms with van der Waals surface area (Å²) >= 11 is 0. The summed E-state index contributed by atoms with van der Waals surface area (Å²) in [6, 6.07) is 13.9. The van der Waals surface area contributed by atoms with E-state index >= 15 is 0 Å². The molecule has 3 N–H and O–H groups in total. The van der Waals surface area contributed by atoms with Crippen molar-refractivity contribution in [2.75, 3.05) is 38.2 Å². The lowest BCUT2D eigenvalue weighted by Gasteiger charge is -2.17. The molecule has 29 heavy (non-hydrogen) atoms. The second-order valence-electron chi connectivity index (χ2n) is 7.68. The van der Waals surface area contributed by atoms with E-state index in [-0.39, 0.29) is 11.9 Å². The Labute approximate surface area is 170 Å². The van der Waals surface area contributed by atoms with Gasteiger partial charge in [-0.1, -0.05) is 24.3 Å². The van der Waals surface area contributed by atoms with Crippen LogP contribution in [-0.2, 0) is 13.1 Å². The Bertz CT molecular complexity index is 1020. The second-order valence-corrected chi connectivity index (χ2v) is 7.68. The first kappa shape index (κ1) is 19.1. The zero-order valence-corrected chi connectivity index (χ0v) is 16.9. The van der Waals surface area contributed by atoms with E-state index in [1.807, 2.05) is 35.2 Å². The summed E-state index contributed by atoms with van der Waals surface area (Å²) in [5.41, 5.74) is 10.2. The molecule has 0 radical (unpaired) electrons. The van der Waals surface area contributed by atoms with Crippen molar-refractivity contribution < 1.29 is 4.79 Å². The van der Waals surface area contributed by atoms with E-state index in [1.54, 1.807) is 0 Å². The zero-order chi connectivity index (χ0) is 20.4. The molecule has 0 atom stereocenters. The molecule has 7 heteroatoms. The summed E-state index contributed by atoms with van der Waals surface area (Å²) in [6.07, 6.45) is 1.03. The molecule has 1 aliphatic heterocycles. The van der Waals surface area contributed by atoms with Gasteiger partial charge in [0.1, 0.15) is 5.69 Å². The highest BCUT2D eigenvalue weighted by Gasteiger charge is 2.26. The third-order valence-corrected chi connectivity index (χ3v) is 5.15. The van der Waals surface area contributed by atoms with E-state index < -0.39 is 0 Å². The minimum absolute atomic E-state index is 0.115. The molecule has 0 bridgehead atoms. The second kappa shape index (κ2) is 8.05. The molecule has 0 spiro atoms. The highest BCUT2D eigenvalue weighted by Crippen LogP contribution is 2.27. The molecule has 1 aromatic heterocycles. The predicted octanol–water partition coefficient (Wildman–Crippen LogP) is 2.73. The van der Waals surface area contributed by atoms with E-state index in [0.29, 0.717) is 24.3 Å². The number of nitrogen functional groups attached to an aromatic ring is 1. The number of nitrogens with one attached hydrogen (secondary N) is 1. The van der Waals surface area contributed by atoms with Gasteiger partial charge in [-0.25, -0.2) is 9.97 Å². The minimum Gasteiger partial charge on any atom is -0.385 e. The molecule has 4 rings (SSSR count). The number of anilines is 2. The van der Waals surface area contributed by atoms with Crippen LogP contribution in [0.25, 0.3) is 10.9 Å². The smallest absolute Gasteiger partial charge is 0.273 e. The van der Waals surface area contributed by atoms with Gasteiger partial charge in [-0.05, 0) is 56.4 Å². The van der Waals surface area contributed by atoms with Crippen LogP contribution in [-0.4, -0.2) is 52.9 Å². The minimum atomic E-state index is -0.120. The summed E-state index contributed by atoms with van der Waals surface area (Å²) in [4.78, 5) is 25.9. The van der Waals surface area contributed by atoms with Crippen molar-refractivity contribution in [2.24, 2.45) is 0 Å². The first-order chi connectivity index (χ1) is 14.0. The maximum Gasteiger partial charge on any atom is 0.273 e. The molecule has 0 unspecified atom stereocenters. The zero-order valence-electron chi connectivity index (χ0n) is 16.9. The van der Waals surface area contributed by atoms with Gasteiger partial charge >= 0.3 is 0 Å². The number of amides is 1. The van der Waals surface area contributed by atoms with Crippen molar-refractivity contribution >= 4 is 28.4 Å². The van der Waals surface area contributed by atoms with Crippen molar-refractivity contribution in [3.8, 4) is 0 Å². The Morgan fingerprint density at radius 3 is 2.55 bits per heavy atom. The molecular formula is C22H26N6O. The van der Waals surface area contributed by atoms with Crippen molar-refractivity contribution in [1.82, 2.24) is 19.8 Å². The van der Waals surface area contributed by atoms with Gasteiger partial charge in [0.05, 0.1) is 5.52 Å². The molecule has 0 aliphatic carbocycles. The number of nitrogens with two attached hydrogens (primary N) is 1. The Morgan fingerprint density at radius 1 is 1.14 bits per heavy atom. The van der Waals surface area contributed by atoms with Gasteiger partial charge in [0, 0.05) is 30.7 Å². The van der Waals surface area contributed by atoms with Gasteiger partial charge in [-0.15, -0.1) is 0 Å². The van der Waals surface area contributed by atoms with Crippen molar-refractivity contribution in [2.45, 2.75) is 19.5 Å². The van der Waals surface area contributed by atoms with Crippen LogP contribution in [0.5, 0.6) is 0 Å². The van der Waals surface area contributed by atoms with Gasteiger partial charge in [-0.2, -0.15) is 0 Å². The summed E-state index contributed by atoms with van der Waals surface area (Å²) in [5.74, 6) is -0.00527. The van der Waals surface area contributed by atoms with Crippen molar-refractivity contribution in [3.63, 3.8) is 0 Å². The normalized spacial score (nSPS) is 13.1. The Morgan fingerprint density at radius 2 is 1.86 bits per heavy atom. The van der Waals surface area contributed by atoms with Crippen LogP contribution < -0.4 is 11.1 Å². The molecule has 3 aromatic rings. The average Bonchev–Trinajstić information content (AvgIpc) is 3.14. The molecule has 7 nitrogen and oxygen atoms in total. The molecule has 0 saturated carbocycles. The summed E-state index contributed by atoms with van der Waals surface area (Å²) in [6.45, 7) is 3.04. The predicted molar refractivity (Wildman–Crippen MR) is 116 cm³/mol. The highest BCUT2D eigenvalue weighted by atomic mass is 16.2. The number of carbonyl (C=O) groups excluding carboxylic acids is 1. The van der Waals surface area contributed by atoms with Crippen LogP contribution in [0.3, 0.4) is 0 Å². The van der Waals surface area contributed by atoms with Gasteiger partial charge < -0.3 is 20.9 Å². The van der Waals surface area contributed by atoms with Crippen molar-refractivity contribution in [3.05, 3.63) is 59.3 Å². The lowest BCUT2D eigenvalue weighted by Crippen LogP contribution is -2.27. The molecule has 1 aliphatic rings. The monoisotopic (exact) mass is 390 g/mol. The molecular weight excluding hydrogens is 364 g/mol. The maximum atomic E-state index is 13.3. The number of rotatable bonds is 6. The van der Waals surface area contributed by atoms with E-state index in [1.165, 1.54) is 11.1 Å². The third-order valence-electron chi connectivity index (χ3n) is 5.15. The lowest BCUT2D eigenvalue weighted by molar-refractivity contribution is 0.0747. The van der Waals surface area contributed by atoms with Gasteiger partial charge in [0.15, 0.2) is 0 Å². The summed E-state index contributed by atoms with van der Waals surface area (Å²) < 4.78 is 0. The Balaban J connectivity index is 1.59. The largest absolute Gasteiger partial charge is 0.385 e. The van der Waals surface area contributed by atoms with Crippen LogP contribution >= 0.6 is 0 Å². The van der Waals surface area contributed by atoms with E-state index in [2.05, 4.69) is 46.4 Å². The number of nitrogens with zero attached hydrogens (tertiary/aromatic N) is 4. The van der Waals surface area contributed by atoms with Crippen LogP contribution in [0.15, 0.2) is 42.5 Å². The number of hydrogen-bond acceptors (Lipinski definition) is 6. The number of hydrogen-bond donors (Lipinski definition) is 2. The van der Waals surface area contributed by atoms with Crippen LogP contribution in [0.2, 0.25) is 0 Å². The Kier molecular flexibility index (Phi) is 5.31. The number of benzene rings is 2. The van der Waals surface area contributed by atoms with E-state index in [0.717, 1.165) is 30.6 Å². The first-order valence-electron chi connectivity index (χ1n) is 9.83. The van der Waals surface area contributed by atoms with Crippen LogP contribution in [0, 0.1) is 0 Å². The van der Waals surface area contributed by atoms with E-state index in [4.69, 9.17) is 5.73 Å². The average molecular weight is 390 g/mol. The third kappa shape index (κ3) is 4.14. The fourth-order valence-corrected chi connectivity index (χ4v) is 3.67. The number of aromatic nitrogens is 2. The number of carbonyl (C=O) groups is 1. The van der Waals surface area contributed by atoms with E-state index in [9.17, 15) is 4.79 Å². The SMILES string of the molecule is CN(C)CCCNc1ccc2nc(N)nc(C(=O)N3Cc4ccccc4C3)c2c1. The van der Waals surface area contributed by atoms with Crippen LogP contribution in [0.1, 0.15) is 28.0 Å². The van der Waals surface area contributed by atoms with Gasteiger partial charge in [0.25, 0.3) is 5.91 Å². The molecule has 0 saturated heterocycles. The standard InChI is InChI=1S/C22H26N6O/c1-27(2)11-5-10-24-17-8-9-19-18(12-17)20(26-22(23)25-19)21(29)28-13-15-6-3-4-7-16(15)14-28/h3-4,6-9,12,24H,5,10-11,13-14H2,1-2H3,(H2,23,25,26). The van der Waals surface area contributed by atoms with Gasteiger partial charge in [-0.3, -0.25) is 4.79 Å². The molecule has 2 aromatic carbocycles. The highest BCUT2D eigenvalue weighted by molar-refractivity contribution is 6.05. The van der Waals surface area contributed by atoms with Crippen molar-refractivity contribution in [1.29, 1.82) is 0 Å². The summed E-state index contributed by atoms with van der Waals surface area (Å²) in [7, 11) is 4.12. The maximum absolute atomic E-state index is 13.3.